The molecule has 0 amide bonds. The molecule has 98 valence electrons. The van der Waals surface area contributed by atoms with Crippen LogP contribution in [0.25, 0.3) is 11.0 Å². The number of fused-ring (bicyclic) bond motifs is 2. The fourth-order valence-electron chi connectivity index (χ4n) is 2.94. The van der Waals surface area contributed by atoms with Crippen LogP contribution in [0.3, 0.4) is 0 Å². The number of nitrogens with one attached hydrogen (secondary N) is 1. The molecule has 19 heavy (non-hydrogen) atoms. The lowest BCUT2D eigenvalue weighted by atomic mass is 10.0. The molecule has 3 heteroatoms. The van der Waals surface area contributed by atoms with Crippen molar-refractivity contribution in [3.8, 4) is 0 Å². The normalized spacial score (nSPS) is 19.2. The van der Waals surface area contributed by atoms with Crippen molar-refractivity contribution in [1.29, 1.82) is 0 Å². The minimum atomic E-state index is 0.872. The first-order valence-corrected chi connectivity index (χ1v) is 7.36. The molecule has 3 nitrogen and oxygen atoms in total. The second kappa shape index (κ2) is 4.57. The van der Waals surface area contributed by atoms with E-state index in [0.717, 1.165) is 49.3 Å². The Labute approximate surface area is 113 Å². The van der Waals surface area contributed by atoms with Crippen molar-refractivity contribution < 1.29 is 0 Å². The number of hydrogen-bond donors (Lipinski definition) is 1. The maximum atomic E-state index is 4.81. The van der Waals surface area contributed by atoms with Gasteiger partial charge in [0.1, 0.15) is 0 Å². The Balaban J connectivity index is 1.75. The minimum Gasteiger partial charge on any atom is -0.316 e. The van der Waals surface area contributed by atoms with Crippen molar-refractivity contribution in [1.82, 2.24) is 15.3 Å². The van der Waals surface area contributed by atoms with Crippen LogP contribution >= 0.6 is 0 Å². The number of nitrogens with zero attached hydrogens (tertiary/aromatic N) is 2. The van der Waals surface area contributed by atoms with Gasteiger partial charge in [-0.15, -0.1) is 0 Å². The fourth-order valence-corrected chi connectivity index (χ4v) is 2.94. The van der Waals surface area contributed by atoms with Gasteiger partial charge in [-0.2, -0.15) is 0 Å². The molecule has 1 aromatic carbocycles. The first kappa shape index (κ1) is 11.4. The highest BCUT2D eigenvalue weighted by Gasteiger charge is 2.22. The topological polar surface area (TPSA) is 37.8 Å². The Hall–Kier alpha value is -1.48. The molecule has 1 saturated carbocycles. The predicted molar refractivity (Wildman–Crippen MR) is 76.2 cm³/mol. The van der Waals surface area contributed by atoms with Gasteiger partial charge in [-0.1, -0.05) is 0 Å². The Bertz CT molecular complexity index is 617. The average Bonchev–Trinajstić information content (AvgIpc) is 3.23. The van der Waals surface area contributed by atoms with E-state index in [2.05, 4.69) is 22.4 Å². The van der Waals surface area contributed by atoms with Crippen LogP contribution in [0.5, 0.6) is 0 Å². The third-order valence-corrected chi connectivity index (χ3v) is 4.25. The van der Waals surface area contributed by atoms with Crippen LogP contribution < -0.4 is 5.32 Å². The summed E-state index contributed by atoms with van der Waals surface area (Å²) >= 11 is 0. The SMILES string of the molecule is c1nc2cc3c(cc2nc1CC1CC1)CCNCC3. The summed E-state index contributed by atoms with van der Waals surface area (Å²) in [5, 5.41) is 3.45. The van der Waals surface area contributed by atoms with Crippen LogP contribution in [0.15, 0.2) is 18.3 Å². The lowest BCUT2D eigenvalue weighted by Gasteiger charge is -2.08. The van der Waals surface area contributed by atoms with Gasteiger partial charge in [-0.05, 0) is 74.4 Å². The molecule has 2 aromatic rings. The van der Waals surface area contributed by atoms with Gasteiger partial charge in [0.25, 0.3) is 0 Å². The zero-order chi connectivity index (χ0) is 12.7. The molecule has 0 unspecified atom stereocenters. The Morgan fingerprint density at radius 1 is 1.05 bits per heavy atom. The Kier molecular flexibility index (Phi) is 2.73. The summed E-state index contributed by atoms with van der Waals surface area (Å²) in [7, 11) is 0. The van der Waals surface area contributed by atoms with Crippen LogP contribution in [0.2, 0.25) is 0 Å². The largest absolute Gasteiger partial charge is 0.316 e. The van der Waals surface area contributed by atoms with Crippen molar-refractivity contribution in [3.05, 3.63) is 35.2 Å². The van der Waals surface area contributed by atoms with Crippen LogP contribution in [0.4, 0.5) is 0 Å². The van der Waals surface area contributed by atoms with E-state index in [-0.39, 0.29) is 0 Å². The van der Waals surface area contributed by atoms with Crippen molar-refractivity contribution in [2.45, 2.75) is 32.1 Å². The fraction of sp³-hybridized carbons (Fsp3) is 0.500. The van der Waals surface area contributed by atoms with Gasteiger partial charge in [0, 0.05) is 6.20 Å². The van der Waals surface area contributed by atoms with E-state index < -0.39 is 0 Å². The molecule has 4 rings (SSSR count). The van der Waals surface area contributed by atoms with Crippen molar-refractivity contribution in [2.24, 2.45) is 5.92 Å². The van der Waals surface area contributed by atoms with Crippen LogP contribution in [0.1, 0.15) is 29.7 Å². The maximum Gasteiger partial charge on any atom is 0.0893 e. The van der Waals surface area contributed by atoms with Crippen LogP contribution in [-0.2, 0) is 19.3 Å². The lowest BCUT2D eigenvalue weighted by Crippen LogP contribution is -2.16. The minimum absolute atomic E-state index is 0.872. The molecule has 0 bridgehead atoms. The molecule has 2 heterocycles. The van der Waals surface area contributed by atoms with Gasteiger partial charge < -0.3 is 5.32 Å². The molecule has 0 radical (unpaired) electrons. The van der Waals surface area contributed by atoms with E-state index in [9.17, 15) is 0 Å². The number of benzene rings is 1. The summed E-state index contributed by atoms with van der Waals surface area (Å²) in [6.07, 6.45) is 8.05. The summed E-state index contributed by atoms with van der Waals surface area (Å²) < 4.78 is 0. The van der Waals surface area contributed by atoms with Crippen LogP contribution in [0, 0.1) is 5.92 Å². The van der Waals surface area contributed by atoms with Crippen LogP contribution in [-0.4, -0.2) is 23.1 Å². The summed E-state index contributed by atoms with van der Waals surface area (Å²) in [5.74, 6) is 0.872. The summed E-state index contributed by atoms with van der Waals surface area (Å²) in [4.78, 5) is 9.43. The zero-order valence-corrected chi connectivity index (χ0v) is 11.2. The number of rotatable bonds is 2. The van der Waals surface area contributed by atoms with Gasteiger partial charge in [0.2, 0.25) is 0 Å². The third kappa shape index (κ3) is 2.35. The van der Waals surface area contributed by atoms with E-state index in [4.69, 9.17) is 4.98 Å². The summed E-state index contributed by atoms with van der Waals surface area (Å²) in [5.41, 5.74) is 6.21. The molecule has 1 aliphatic carbocycles. The van der Waals surface area contributed by atoms with Gasteiger partial charge in [-0.25, -0.2) is 4.98 Å². The first-order chi connectivity index (χ1) is 9.38. The standard InChI is InChI=1S/C16H19N3/c1-2-11(1)7-14-10-18-15-8-12-3-5-17-6-4-13(12)9-16(15)19-14/h8-11,17H,1-7H2. The van der Waals surface area contributed by atoms with E-state index in [1.165, 1.54) is 29.7 Å². The lowest BCUT2D eigenvalue weighted by molar-refractivity contribution is 0.711. The van der Waals surface area contributed by atoms with E-state index >= 15 is 0 Å². The third-order valence-electron chi connectivity index (χ3n) is 4.25. The monoisotopic (exact) mass is 253 g/mol. The van der Waals surface area contributed by atoms with E-state index in [1.54, 1.807) is 0 Å². The number of hydrogen-bond acceptors (Lipinski definition) is 3. The molecule has 0 saturated heterocycles. The van der Waals surface area contributed by atoms with Gasteiger partial charge in [0.05, 0.1) is 16.7 Å². The van der Waals surface area contributed by atoms with Gasteiger partial charge in [0.15, 0.2) is 0 Å². The molecule has 1 N–H and O–H groups in total. The molecule has 2 aliphatic rings. The first-order valence-electron chi connectivity index (χ1n) is 7.36. The molecular formula is C16H19N3. The average molecular weight is 253 g/mol. The second-order valence-corrected chi connectivity index (χ2v) is 5.87. The van der Waals surface area contributed by atoms with E-state index in [0.29, 0.717) is 0 Å². The molecular weight excluding hydrogens is 234 g/mol. The van der Waals surface area contributed by atoms with Crippen molar-refractivity contribution in [2.75, 3.05) is 13.1 Å². The van der Waals surface area contributed by atoms with Crippen molar-refractivity contribution >= 4 is 11.0 Å². The predicted octanol–water partition coefficient (Wildman–Crippen LogP) is 2.27. The number of aromatic nitrogens is 2. The Morgan fingerprint density at radius 2 is 1.79 bits per heavy atom. The Morgan fingerprint density at radius 3 is 2.53 bits per heavy atom. The second-order valence-electron chi connectivity index (χ2n) is 5.87. The van der Waals surface area contributed by atoms with Crippen molar-refractivity contribution in [3.63, 3.8) is 0 Å². The van der Waals surface area contributed by atoms with E-state index in [1.807, 2.05) is 6.20 Å². The van der Waals surface area contributed by atoms with Gasteiger partial charge in [-0.3, -0.25) is 4.98 Å². The highest BCUT2D eigenvalue weighted by molar-refractivity contribution is 5.76. The molecule has 0 atom stereocenters. The molecule has 0 spiro atoms. The maximum absolute atomic E-state index is 4.81. The van der Waals surface area contributed by atoms with Gasteiger partial charge >= 0.3 is 0 Å². The molecule has 1 aliphatic heterocycles. The molecule has 1 aromatic heterocycles. The molecule has 1 fully saturated rings. The zero-order valence-electron chi connectivity index (χ0n) is 11.2. The summed E-state index contributed by atoms with van der Waals surface area (Å²) in [6, 6.07) is 4.51. The highest BCUT2D eigenvalue weighted by Crippen LogP contribution is 2.32. The smallest absolute Gasteiger partial charge is 0.0893 e. The quantitative estimate of drug-likeness (QED) is 0.892. The highest BCUT2D eigenvalue weighted by atomic mass is 14.9. The summed E-state index contributed by atoms with van der Waals surface area (Å²) in [6.45, 7) is 2.15.